The summed E-state index contributed by atoms with van der Waals surface area (Å²) in [5.74, 6) is 0. The van der Waals surface area contributed by atoms with Gasteiger partial charge in [-0.15, -0.1) is 0 Å². The second-order valence-corrected chi connectivity index (χ2v) is 0. The maximum absolute atomic E-state index is 0. The van der Waals surface area contributed by atoms with Crippen LogP contribution in [0.4, 0.5) is 0 Å². The van der Waals surface area contributed by atoms with Gasteiger partial charge in [0, 0.05) is 23.9 Å². The van der Waals surface area contributed by atoms with E-state index in [2.05, 4.69) is 0 Å². The van der Waals surface area contributed by atoms with Gasteiger partial charge in [-0.05, 0) is 0 Å². The summed E-state index contributed by atoms with van der Waals surface area (Å²) in [6.45, 7) is 0. The monoisotopic (exact) mass is 144 g/mol. The maximum Gasteiger partial charge on any atom is 2.00 e. The smallest absolute Gasteiger partial charge is 2.00 e. The molecule has 0 atom stereocenters. The summed E-state index contributed by atoms with van der Waals surface area (Å²) >= 11 is 0. The van der Waals surface area contributed by atoms with E-state index in [1.54, 1.807) is 0 Å². The normalized spacial score (nSPS) is 0. The third kappa shape index (κ3) is 12.5. The summed E-state index contributed by atoms with van der Waals surface area (Å²) in [4.78, 5) is 0. The van der Waals surface area contributed by atoms with Crippen molar-refractivity contribution < 1.29 is 38.5 Å². The summed E-state index contributed by atoms with van der Waals surface area (Å²) < 4.78 is 0. The largest absolute Gasteiger partial charge is 2.00 e. The molecule has 0 heterocycles. The summed E-state index contributed by atoms with van der Waals surface area (Å²) in [6.07, 6.45) is 0. The molecule has 1 nitrogen and oxygen atoms in total. The van der Waals surface area contributed by atoms with E-state index in [0.29, 0.717) is 0 Å². The van der Waals surface area contributed by atoms with Gasteiger partial charge in [-0.25, -0.2) is 0 Å². The fraction of sp³-hybridized carbons (Fsp3) is 0. The molecule has 3 heteroatoms. The molecule has 0 N–H and O–H groups in total. The number of rotatable bonds is 0. The van der Waals surface area contributed by atoms with E-state index >= 15 is 0 Å². The van der Waals surface area contributed by atoms with Gasteiger partial charge in [-0.3, -0.25) is 0 Å². The summed E-state index contributed by atoms with van der Waals surface area (Å²) in [5, 5.41) is 0. The van der Waals surface area contributed by atoms with Gasteiger partial charge in [-0.2, -0.15) is 0 Å². The molecule has 0 aliphatic carbocycles. The molecule has 0 aliphatic rings. The molecule has 0 aromatic heterocycles. The zero-order valence-corrected chi connectivity index (χ0v) is 3.52. The first kappa shape index (κ1) is 85.9. The van der Waals surface area contributed by atoms with Crippen molar-refractivity contribution in [1.82, 2.24) is 0 Å². The van der Waals surface area contributed by atoms with Crippen LogP contribution >= 0.6 is 0 Å². The van der Waals surface area contributed by atoms with E-state index in [9.17, 15) is 0 Å². The molecule has 30 valence electrons. The molecule has 4 heavy (non-hydrogen) atoms. The molecule has 4 radical (unpaired) electrons. The van der Waals surface area contributed by atoms with Gasteiger partial charge < -0.3 is 5.48 Å². The van der Waals surface area contributed by atoms with Gasteiger partial charge in [0.05, 0.1) is 0 Å². The van der Waals surface area contributed by atoms with Crippen LogP contribution in [0, 0.1) is 7.43 Å². The van der Waals surface area contributed by atoms with Gasteiger partial charge >= 0.3 is 16.5 Å². The molecule has 0 aromatic rings. The number of hydrogen-bond donors (Lipinski definition) is 0. The van der Waals surface area contributed by atoms with E-state index in [-0.39, 0.29) is 45.9 Å². The molecule has 0 fully saturated rings. The molecular weight excluding hydrogens is 145 g/mol. The average molecular weight is 145 g/mol. The summed E-state index contributed by atoms with van der Waals surface area (Å²) in [7, 11) is 0. The molecule has 0 aliphatic heterocycles. The molecular formula is CNi2O. The Morgan fingerprint density at radius 2 is 1.00 bits per heavy atom. The predicted molar refractivity (Wildman–Crippen MR) is 3.93 cm³/mol. The van der Waals surface area contributed by atoms with Crippen LogP contribution in [-0.4, -0.2) is 0 Å². The molecule has 0 rings (SSSR count). The predicted octanol–water partition coefficient (Wildman–Crippen LogP) is -0.0425. The second-order valence-electron chi connectivity index (χ2n) is 0. The zero-order valence-electron chi connectivity index (χ0n) is 1.54. The Hall–Kier alpha value is 0.947. The quantitative estimate of drug-likeness (QED) is 0.428. The third-order valence-corrected chi connectivity index (χ3v) is 0. The minimum absolute atomic E-state index is 0. The van der Waals surface area contributed by atoms with E-state index < -0.39 is 0 Å². The van der Waals surface area contributed by atoms with Gasteiger partial charge in [0.25, 0.3) is 0 Å². The third-order valence-electron chi connectivity index (χ3n) is 0. The molecule has 0 amide bonds. The zero-order chi connectivity index (χ0) is 0. The van der Waals surface area contributed by atoms with Gasteiger partial charge in [-0.1, -0.05) is 0 Å². The van der Waals surface area contributed by atoms with E-state index in [0.717, 1.165) is 0 Å². The van der Waals surface area contributed by atoms with Crippen molar-refractivity contribution in [2.75, 3.05) is 0 Å². The van der Waals surface area contributed by atoms with Gasteiger partial charge in [0.1, 0.15) is 0 Å². The molecule has 0 unspecified atom stereocenters. The minimum atomic E-state index is 0. The molecule has 0 aromatic carbocycles. The standard InChI is InChI=1S/C.2Ni.O/q;;+2;-2. The first-order valence-electron chi connectivity index (χ1n) is 0. The first-order valence-corrected chi connectivity index (χ1v) is 0. The topological polar surface area (TPSA) is 28.5 Å². The van der Waals surface area contributed by atoms with Crippen LogP contribution in [0.3, 0.4) is 0 Å². The Morgan fingerprint density at radius 1 is 1.00 bits per heavy atom. The Bertz CT molecular complexity index is 6.00. The van der Waals surface area contributed by atoms with Crippen LogP contribution in [0.2, 0.25) is 0 Å². The van der Waals surface area contributed by atoms with Crippen LogP contribution < -0.4 is 0 Å². The Balaban J connectivity index is 0. The van der Waals surface area contributed by atoms with Gasteiger partial charge in [0.15, 0.2) is 0 Å². The van der Waals surface area contributed by atoms with Crippen molar-refractivity contribution in [3.63, 3.8) is 0 Å². The van der Waals surface area contributed by atoms with Crippen LogP contribution in [-0.2, 0) is 38.5 Å². The van der Waals surface area contributed by atoms with E-state index in [4.69, 9.17) is 0 Å². The average Bonchev–Trinajstić information content (AvgIpc) is 0. The maximum atomic E-state index is 0. The van der Waals surface area contributed by atoms with E-state index in [1.165, 1.54) is 0 Å². The van der Waals surface area contributed by atoms with Crippen molar-refractivity contribution in [2.24, 2.45) is 0 Å². The summed E-state index contributed by atoms with van der Waals surface area (Å²) in [5.41, 5.74) is 0. The Morgan fingerprint density at radius 3 is 1.00 bits per heavy atom. The molecule has 0 bridgehead atoms. The molecule has 0 spiro atoms. The van der Waals surface area contributed by atoms with Crippen molar-refractivity contribution in [3.05, 3.63) is 7.43 Å². The first-order chi connectivity index (χ1) is 0. The van der Waals surface area contributed by atoms with E-state index in [1.807, 2.05) is 0 Å². The molecule has 0 saturated heterocycles. The van der Waals surface area contributed by atoms with Crippen molar-refractivity contribution >= 4 is 0 Å². The van der Waals surface area contributed by atoms with Crippen molar-refractivity contribution in [2.45, 2.75) is 0 Å². The van der Waals surface area contributed by atoms with Crippen molar-refractivity contribution in [3.8, 4) is 0 Å². The van der Waals surface area contributed by atoms with Gasteiger partial charge in [0.2, 0.25) is 0 Å². The minimum Gasteiger partial charge on any atom is -2.00 e. The fourth-order valence-corrected chi connectivity index (χ4v) is 0. The van der Waals surface area contributed by atoms with Crippen LogP contribution in [0.1, 0.15) is 0 Å². The Kier molecular flexibility index (Phi) is 821. The number of hydrogen-bond acceptors (Lipinski definition) is 0. The molecule has 0 saturated carbocycles. The second kappa shape index (κ2) is 38.2. The van der Waals surface area contributed by atoms with Crippen LogP contribution in [0.25, 0.3) is 0 Å². The Labute approximate surface area is 46.3 Å². The van der Waals surface area contributed by atoms with Crippen LogP contribution in [0.15, 0.2) is 0 Å². The van der Waals surface area contributed by atoms with Crippen molar-refractivity contribution in [1.29, 1.82) is 0 Å². The fourth-order valence-electron chi connectivity index (χ4n) is 0. The summed E-state index contributed by atoms with van der Waals surface area (Å²) in [6, 6.07) is 0. The van der Waals surface area contributed by atoms with Crippen LogP contribution in [0.5, 0.6) is 0 Å². The SMILES string of the molecule is [C].[Ni+2].[Ni].[O-2].